The van der Waals surface area contributed by atoms with Crippen LogP contribution in [-0.4, -0.2) is 5.92 Å². The highest BCUT2D eigenvalue weighted by Crippen LogP contribution is 2.40. The molecule has 158 valence electrons. The van der Waals surface area contributed by atoms with Crippen LogP contribution < -0.4 is 0 Å². The number of benzene rings is 2. The average molecular weight is 403 g/mol. The lowest BCUT2D eigenvalue weighted by atomic mass is 9.77. The van der Waals surface area contributed by atoms with Crippen molar-refractivity contribution < 1.29 is 13.2 Å². The van der Waals surface area contributed by atoms with Gasteiger partial charge in [0.2, 0.25) is 0 Å². The number of halogens is 3. The maximum absolute atomic E-state index is 14.2. The third kappa shape index (κ3) is 5.43. The number of hydrogen-bond acceptors (Lipinski definition) is 0. The molecular formula is C26H33F3. The summed E-state index contributed by atoms with van der Waals surface area (Å²) < 4.78 is 41.9. The molecule has 0 bridgehead atoms. The Hall–Kier alpha value is -1.77. The predicted octanol–water partition coefficient (Wildman–Crippen LogP) is 8.87. The van der Waals surface area contributed by atoms with Crippen LogP contribution in [0.4, 0.5) is 13.2 Å². The molecule has 1 aliphatic rings. The molecule has 1 unspecified atom stereocenters. The number of alkyl halides is 3. The molecule has 3 rings (SSSR count). The molecule has 1 saturated carbocycles. The summed E-state index contributed by atoms with van der Waals surface area (Å²) in [7, 11) is 0. The zero-order valence-corrected chi connectivity index (χ0v) is 17.6. The predicted molar refractivity (Wildman–Crippen MR) is 115 cm³/mol. The monoisotopic (exact) mass is 402 g/mol. The molecule has 0 heterocycles. The molecule has 0 spiro atoms. The van der Waals surface area contributed by atoms with Crippen molar-refractivity contribution in [1.82, 2.24) is 0 Å². The van der Waals surface area contributed by atoms with Crippen molar-refractivity contribution in [2.75, 3.05) is 0 Å². The zero-order chi connectivity index (χ0) is 20.9. The molecule has 1 aliphatic carbocycles. The fourth-order valence-corrected chi connectivity index (χ4v) is 4.69. The standard InChI is InChI=1S/C26H33F3/c1-3-5-19-6-8-20(9-7-19)21-10-12-22(13-11-21)23-14-16-24(17-15-23)25(27)26(28,29)18-4-2/h10-17,19-20,25H,3-9,18H2,1-2H3/t19-,20-,25?. The van der Waals surface area contributed by atoms with Crippen LogP contribution in [0.3, 0.4) is 0 Å². The first-order valence-corrected chi connectivity index (χ1v) is 11.2. The smallest absolute Gasteiger partial charge is 0.236 e. The minimum atomic E-state index is -3.31. The minimum absolute atomic E-state index is 0.0488. The summed E-state index contributed by atoms with van der Waals surface area (Å²) in [4.78, 5) is 0. The quantitative estimate of drug-likeness (QED) is 0.413. The topological polar surface area (TPSA) is 0 Å². The van der Waals surface area contributed by atoms with Gasteiger partial charge < -0.3 is 0 Å². The van der Waals surface area contributed by atoms with Crippen LogP contribution in [0.15, 0.2) is 48.5 Å². The molecule has 0 amide bonds. The molecule has 0 saturated heterocycles. The van der Waals surface area contributed by atoms with Crippen LogP contribution in [0.5, 0.6) is 0 Å². The second-order valence-corrected chi connectivity index (χ2v) is 8.62. The van der Waals surface area contributed by atoms with E-state index in [1.807, 2.05) is 0 Å². The van der Waals surface area contributed by atoms with E-state index in [1.54, 1.807) is 19.1 Å². The summed E-state index contributed by atoms with van der Waals surface area (Å²) in [6.45, 7) is 3.91. The second-order valence-electron chi connectivity index (χ2n) is 8.62. The molecule has 0 aliphatic heterocycles. The Bertz CT molecular complexity index is 741. The van der Waals surface area contributed by atoms with E-state index >= 15 is 0 Å². The van der Waals surface area contributed by atoms with Gasteiger partial charge in [-0.25, -0.2) is 13.2 Å². The van der Waals surface area contributed by atoms with Crippen molar-refractivity contribution in [1.29, 1.82) is 0 Å². The fraction of sp³-hybridized carbons (Fsp3) is 0.538. The Kier molecular flexibility index (Phi) is 7.43. The molecule has 29 heavy (non-hydrogen) atoms. The van der Waals surface area contributed by atoms with E-state index in [0.717, 1.165) is 17.0 Å². The van der Waals surface area contributed by atoms with Crippen LogP contribution in [-0.2, 0) is 0 Å². The molecule has 0 nitrogen and oxygen atoms in total. The van der Waals surface area contributed by atoms with Crippen LogP contribution in [0.2, 0.25) is 0 Å². The summed E-state index contributed by atoms with van der Waals surface area (Å²) in [5, 5.41) is 0. The first-order valence-electron chi connectivity index (χ1n) is 11.2. The van der Waals surface area contributed by atoms with Crippen molar-refractivity contribution in [2.45, 2.75) is 83.2 Å². The molecule has 3 heteroatoms. The Balaban J connectivity index is 1.64. The lowest BCUT2D eigenvalue weighted by Crippen LogP contribution is -2.22. The molecule has 1 atom stereocenters. The van der Waals surface area contributed by atoms with E-state index in [4.69, 9.17) is 0 Å². The van der Waals surface area contributed by atoms with Crippen molar-refractivity contribution >= 4 is 0 Å². The van der Waals surface area contributed by atoms with E-state index in [-0.39, 0.29) is 12.0 Å². The highest BCUT2D eigenvalue weighted by atomic mass is 19.3. The van der Waals surface area contributed by atoms with Crippen LogP contribution in [0, 0.1) is 5.92 Å². The summed E-state index contributed by atoms with van der Waals surface area (Å²) in [5.74, 6) is -1.76. The third-order valence-corrected chi connectivity index (χ3v) is 6.42. The largest absolute Gasteiger partial charge is 0.282 e. The van der Waals surface area contributed by atoms with Gasteiger partial charge in [0.15, 0.2) is 6.17 Å². The SMILES string of the molecule is CCCC(F)(F)C(F)c1ccc(-c2ccc([C@H]3CC[C@H](CCC)CC3)cc2)cc1. The highest BCUT2D eigenvalue weighted by Gasteiger charge is 2.39. The fourth-order valence-electron chi connectivity index (χ4n) is 4.69. The van der Waals surface area contributed by atoms with Crippen LogP contribution >= 0.6 is 0 Å². The van der Waals surface area contributed by atoms with E-state index in [2.05, 4.69) is 31.2 Å². The first-order chi connectivity index (χ1) is 13.9. The van der Waals surface area contributed by atoms with Crippen molar-refractivity contribution in [3.8, 4) is 11.1 Å². The van der Waals surface area contributed by atoms with Crippen molar-refractivity contribution in [3.05, 3.63) is 59.7 Å². The van der Waals surface area contributed by atoms with Crippen LogP contribution in [0.25, 0.3) is 11.1 Å². The Morgan fingerprint density at radius 1 is 0.828 bits per heavy atom. The van der Waals surface area contributed by atoms with Gasteiger partial charge in [-0.05, 0) is 59.8 Å². The van der Waals surface area contributed by atoms with Gasteiger partial charge in [0.05, 0.1) is 0 Å². The minimum Gasteiger partial charge on any atom is -0.236 e. The molecular weight excluding hydrogens is 369 g/mol. The van der Waals surface area contributed by atoms with Gasteiger partial charge in [-0.15, -0.1) is 0 Å². The Morgan fingerprint density at radius 2 is 1.38 bits per heavy atom. The van der Waals surface area contributed by atoms with Gasteiger partial charge in [-0.1, -0.05) is 81.6 Å². The van der Waals surface area contributed by atoms with Gasteiger partial charge >= 0.3 is 0 Å². The van der Waals surface area contributed by atoms with Gasteiger partial charge in [0, 0.05) is 6.42 Å². The highest BCUT2D eigenvalue weighted by molar-refractivity contribution is 5.64. The van der Waals surface area contributed by atoms with Gasteiger partial charge in [0.25, 0.3) is 5.92 Å². The van der Waals surface area contributed by atoms with Crippen LogP contribution in [0.1, 0.15) is 88.4 Å². The number of hydrogen-bond donors (Lipinski definition) is 0. The second kappa shape index (κ2) is 9.82. The summed E-state index contributed by atoms with van der Waals surface area (Å²) >= 11 is 0. The Labute approximate surface area is 173 Å². The molecule has 0 N–H and O–H groups in total. The van der Waals surface area contributed by atoms with E-state index < -0.39 is 18.5 Å². The van der Waals surface area contributed by atoms with E-state index in [1.165, 1.54) is 56.2 Å². The maximum Gasteiger partial charge on any atom is 0.282 e. The lowest BCUT2D eigenvalue weighted by Gasteiger charge is -2.28. The average Bonchev–Trinajstić information content (AvgIpc) is 2.74. The van der Waals surface area contributed by atoms with Crippen molar-refractivity contribution in [3.63, 3.8) is 0 Å². The summed E-state index contributed by atoms with van der Waals surface area (Å²) in [5.41, 5.74) is 3.41. The lowest BCUT2D eigenvalue weighted by molar-refractivity contribution is -0.0807. The third-order valence-electron chi connectivity index (χ3n) is 6.42. The van der Waals surface area contributed by atoms with Crippen molar-refractivity contribution in [2.24, 2.45) is 5.92 Å². The van der Waals surface area contributed by atoms with Gasteiger partial charge in [-0.2, -0.15) is 0 Å². The zero-order valence-electron chi connectivity index (χ0n) is 17.6. The van der Waals surface area contributed by atoms with E-state index in [0.29, 0.717) is 5.92 Å². The molecule has 2 aromatic carbocycles. The molecule has 0 aromatic heterocycles. The number of rotatable bonds is 8. The summed E-state index contributed by atoms with van der Waals surface area (Å²) in [6, 6.07) is 15.1. The Morgan fingerprint density at radius 3 is 1.90 bits per heavy atom. The van der Waals surface area contributed by atoms with Gasteiger partial charge in [0.1, 0.15) is 0 Å². The summed E-state index contributed by atoms with van der Waals surface area (Å²) in [6.07, 6.45) is 5.40. The van der Waals surface area contributed by atoms with E-state index in [9.17, 15) is 13.2 Å². The normalized spacial score (nSPS) is 21.1. The molecule has 0 radical (unpaired) electrons. The maximum atomic E-state index is 14.2. The molecule has 1 fully saturated rings. The van der Waals surface area contributed by atoms with Gasteiger partial charge in [-0.3, -0.25) is 0 Å². The first kappa shape index (κ1) is 21.9. The molecule has 2 aromatic rings.